The molecule has 8 heteroatoms. The number of hydrogen-bond acceptors (Lipinski definition) is 6. The lowest BCUT2D eigenvalue weighted by molar-refractivity contribution is -0.384. The van der Waals surface area contributed by atoms with Crippen molar-refractivity contribution in [2.45, 2.75) is 36.1 Å². The molecule has 0 heterocycles. The largest absolute Gasteiger partial charge is 0.394 e. The predicted molar refractivity (Wildman–Crippen MR) is 78.1 cm³/mol. The Bertz CT molecular complexity index is 651. The molecule has 7 nitrogen and oxygen atoms in total. The molecular weight excluding hydrogens is 296 g/mol. The van der Waals surface area contributed by atoms with Crippen molar-refractivity contribution in [3.8, 4) is 0 Å². The number of sulfone groups is 1. The van der Waals surface area contributed by atoms with E-state index in [-0.39, 0.29) is 22.9 Å². The molecule has 0 bridgehead atoms. The van der Waals surface area contributed by atoms with E-state index in [2.05, 4.69) is 5.32 Å². The molecule has 21 heavy (non-hydrogen) atoms. The molecule has 0 unspecified atom stereocenters. The monoisotopic (exact) mass is 314 g/mol. The number of aliphatic hydroxyl groups excluding tert-OH is 1. The van der Waals surface area contributed by atoms with Crippen LogP contribution in [-0.4, -0.2) is 36.8 Å². The van der Waals surface area contributed by atoms with Gasteiger partial charge < -0.3 is 10.4 Å². The quantitative estimate of drug-likeness (QED) is 0.632. The fourth-order valence-corrected chi connectivity index (χ4v) is 3.30. The van der Waals surface area contributed by atoms with Gasteiger partial charge in [-0.1, -0.05) is 12.8 Å². The lowest BCUT2D eigenvalue weighted by Gasteiger charge is -2.29. The number of rotatable bonds is 5. The van der Waals surface area contributed by atoms with Gasteiger partial charge in [-0.25, -0.2) is 8.42 Å². The molecule has 1 fully saturated rings. The molecule has 1 aliphatic rings. The zero-order valence-electron chi connectivity index (χ0n) is 11.7. The molecule has 0 atom stereocenters. The molecule has 1 saturated carbocycles. The first-order valence-corrected chi connectivity index (χ1v) is 8.54. The van der Waals surface area contributed by atoms with Crippen LogP contribution >= 0.6 is 0 Å². The van der Waals surface area contributed by atoms with Crippen LogP contribution in [0.25, 0.3) is 0 Å². The second-order valence-corrected chi connectivity index (χ2v) is 7.49. The lowest BCUT2D eigenvalue weighted by Crippen LogP contribution is -2.39. The minimum absolute atomic E-state index is 0.0933. The van der Waals surface area contributed by atoms with Crippen molar-refractivity contribution in [1.29, 1.82) is 0 Å². The average molecular weight is 314 g/mol. The standard InChI is InChI=1S/C13H18N2O5S/c1-21(19,20)10-4-5-11(12(8-10)15(17)18)14-13(9-16)6-2-3-7-13/h4-5,8,14,16H,2-3,6-7,9H2,1H3. The number of nitrogens with zero attached hydrogens (tertiary/aromatic N) is 1. The Morgan fingerprint density at radius 3 is 2.48 bits per heavy atom. The van der Waals surface area contributed by atoms with E-state index in [4.69, 9.17) is 0 Å². The van der Waals surface area contributed by atoms with Crippen LogP contribution in [-0.2, 0) is 9.84 Å². The zero-order valence-corrected chi connectivity index (χ0v) is 12.5. The van der Waals surface area contributed by atoms with Crippen LogP contribution in [0.15, 0.2) is 23.1 Å². The van der Waals surface area contributed by atoms with E-state index >= 15 is 0 Å². The number of anilines is 1. The first-order valence-electron chi connectivity index (χ1n) is 6.65. The number of nitro benzene ring substituents is 1. The van der Waals surface area contributed by atoms with Crippen LogP contribution < -0.4 is 5.32 Å². The van der Waals surface area contributed by atoms with Crippen molar-refractivity contribution in [3.05, 3.63) is 28.3 Å². The normalized spacial score (nSPS) is 17.6. The van der Waals surface area contributed by atoms with Gasteiger partial charge in [-0.2, -0.15) is 0 Å². The number of aliphatic hydroxyl groups is 1. The number of hydrogen-bond donors (Lipinski definition) is 2. The molecule has 0 saturated heterocycles. The first-order chi connectivity index (χ1) is 9.77. The van der Waals surface area contributed by atoms with Gasteiger partial charge in [0.2, 0.25) is 0 Å². The van der Waals surface area contributed by atoms with Crippen molar-refractivity contribution in [1.82, 2.24) is 0 Å². The van der Waals surface area contributed by atoms with Crippen LogP contribution in [0.5, 0.6) is 0 Å². The minimum Gasteiger partial charge on any atom is -0.394 e. The van der Waals surface area contributed by atoms with Gasteiger partial charge in [-0.15, -0.1) is 0 Å². The maximum atomic E-state index is 11.5. The molecule has 0 amide bonds. The highest BCUT2D eigenvalue weighted by atomic mass is 32.2. The van der Waals surface area contributed by atoms with Crippen molar-refractivity contribution in [2.75, 3.05) is 18.2 Å². The third-order valence-corrected chi connectivity index (χ3v) is 4.97. The molecule has 116 valence electrons. The minimum atomic E-state index is -3.51. The van der Waals surface area contributed by atoms with Crippen LogP contribution in [0, 0.1) is 10.1 Å². The van der Waals surface area contributed by atoms with Gasteiger partial charge in [0.25, 0.3) is 5.69 Å². The molecule has 2 rings (SSSR count). The van der Waals surface area contributed by atoms with Crippen molar-refractivity contribution in [3.63, 3.8) is 0 Å². The number of nitrogens with one attached hydrogen (secondary N) is 1. The summed E-state index contributed by atoms with van der Waals surface area (Å²) in [7, 11) is -3.51. The maximum absolute atomic E-state index is 11.5. The van der Waals surface area contributed by atoms with E-state index in [0.717, 1.165) is 38.0 Å². The summed E-state index contributed by atoms with van der Waals surface area (Å²) < 4.78 is 23.0. The lowest BCUT2D eigenvalue weighted by atomic mass is 9.98. The Hall–Kier alpha value is -1.67. The van der Waals surface area contributed by atoms with Gasteiger partial charge in [0.05, 0.1) is 22.0 Å². The fraction of sp³-hybridized carbons (Fsp3) is 0.538. The summed E-state index contributed by atoms with van der Waals surface area (Å²) in [6, 6.07) is 3.78. The van der Waals surface area contributed by atoms with Crippen molar-refractivity contribution >= 4 is 21.2 Å². The average Bonchev–Trinajstić information content (AvgIpc) is 2.87. The van der Waals surface area contributed by atoms with Crippen molar-refractivity contribution in [2.24, 2.45) is 0 Å². The van der Waals surface area contributed by atoms with Gasteiger partial charge in [-0.05, 0) is 25.0 Å². The Morgan fingerprint density at radius 1 is 1.38 bits per heavy atom. The summed E-state index contributed by atoms with van der Waals surface area (Å²) in [5.74, 6) is 0. The summed E-state index contributed by atoms with van der Waals surface area (Å²) in [6.07, 6.45) is 4.36. The smallest absolute Gasteiger partial charge is 0.293 e. The molecule has 1 aromatic rings. The maximum Gasteiger partial charge on any atom is 0.293 e. The summed E-state index contributed by atoms with van der Waals surface area (Å²) in [5.41, 5.74) is -0.613. The second-order valence-electron chi connectivity index (χ2n) is 5.48. The van der Waals surface area contributed by atoms with Gasteiger partial charge in [0.15, 0.2) is 9.84 Å². The Kier molecular flexibility index (Phi) is 4.20. The van der Waals surface area contributed by atoms with E-state index in [1.807, 2.05) is 0 Å². The zero-order chi connectivity index (χ0) is 15.7. The van der Waals surface area contributed by atoms with Gasteiger partial charge in [0, 0.05) is 12.3 Å². The van der Waals surface area contributed by atoms with Gasteiger partial charge in [-0.3, -0.25) is 10.1 Å². The third-order valence-electron chi connectivity index (χ3n) is 3.86. The van der Waals surface area contributed by atoms with Crippen LogP contribution in [0.3, 0.4) is 0 Å². The van der Waals surface area contributed by atoms with Crippen LogP contribution in [0.1, 0.15) is 25.7 Å². The molecule has 1 aromatic carbocycles. The number of benzene rings is 1. The van der Waals surface area contributed by atoms with E-state index in [1.54, 1.807) is 0 Å². The predicted octanol–water partition coefficient (Wildman–Crippen LogP) is 1.72. The fourth-order valence-electron chi connectivity index (χ4n) is 2.66. The SMILES string of the molecule is CS(=O)(=O)c1ccc(NC2(CO)CCCC2)c([N+](=O)[O-])c1. The summed E-state index contributed by atoms with van der Waals surface area (Å²) in [4.78, 5) is 10.5. The van der Waals surface area contributed by atoms with Crippen LogP contribution in [0.4, 0.5) is 11.4 Å². The van der Waals surface area contributed by atoms with E-state index < -0.39 is 20.3 Å². The Morgan fingerprint density at radius 2 is 2.00 bits per heavy atom. The third kappa shape index (κ3) is 3.33. The highest BCUT2D eigenvalue weighted by Gasteiger charge is 2.35. The molecule has 0 aliphatic heterocycles. The summed E-state index contributed by atoms with van der Waals surface area (Å²) in [6.45, 7) is -0.113. The first kappa shape index (κ1) is 15.7. The second kappa shape index (κ2) is 5.61. The molecule has 1 aliphatic carbocycles. The summed E-state index contributed by atoms with van der Waals surface area (Å²) >= 11 is 0. The van der Waals surface area contributed by atoms with Gasteiger partial charge >= 0.3 is 0 Å². The molecule has 2 N–H and O–H groups in total. The van der Waals surface area contributed by atoms with E-state index in [1.165, 1.54) is 12.1 Å². The Labute approximate surface area is 123 Å². The van der Waals surface area contributed by atoms with Gasteiger partial charge in [0.1, 0.15) is 5.69 Å². The topological polar surface area (TPSA) is 110 Å². The molecule has 0 spiro atoms. The number of nitro groups is 1. The highest BCUT2D eigenvalue weighted by Crippen LogP contribution is 2.36. The molecule has 0 radical (unpaired) electrons. The highest BCUT2D eigenvalue weighted by molar-refractivity contribution is 7.90. The summed E-state index contributed by atoms with van der Waals surface area (Å²) in [5, 5.41) is 23.8. The van der Waals surface area contributed by atoms with Crippen molar-refractivity contribution < 1.29 is 18.4 Å². The van der Waals surface area contributed by atoms with E-state index in [9.17, 15) is 23.6 Å². The molecular formula is C13H18N2O5S. The van der Waals surface area contributed by atoms with Crippen LogP contribution in [0.2, 0.25) is 0 Å². The molecule has 0 aromatic heterocycles. The Balaban J connectivity index is 2.42. The van der Waals surface area contributed by atoms with E-state index in [0.29, 0.717) is 0 Å².